The molecule has 7 heteroatoms. The highest BCUT2D eigenvalue weighted by Gasteiger charge is 2.42. The first-order valence-electron chi connectivity index (χ1n) is 19.0. The van der Waals surface area contributed by atoms with Gasteiger partial charge in [0.15, 0.2) is 12.1 Å². The zero-order chi connectivity index (χ0) is 38.6. The fourth-order valence-corrected chi connectivity index (χ4v) is 7.93. The van der Waals surface area contributed by atoms with E-state index in [1.165, 1.54) is 34.0 Å². The van der Waals surface area contributed by atoms with Gasteiger partial charge in [0.25, 0.3) is 5.91 Å². The number of benzene rings is 7. The summed E-state index contributed by atoms with van der Waals surface area (Å²) in [7, 11) is 2.14. The maximum atomic E-state index is 13.6. The third-order valence-corrected chi connectivity index (χ3v) is 10.7. The average Bonchev–Trinajstić information content (AvgIpc) is 3.23. The number of carbonyl (C=O) groups excluding carboxylic acids is 2. The van der Waals surface area contributed by atoms with Gasteiger partial charge in [-0.25, -0.2) is 0 Å². The van der Waals surface area contributed by atoms with Crippen molar-refractivity contribution in [2.24, 2.45) is 0 Å². The maximum Gasteiger partial charge on any atom is 0.255 e. The van der Waals surface area contributed by atoms with E-state index >= 15 is 0 Å². The Labute approximate surface area is 327 Å². The third kappa shape index (κ3) is 7.89. The smallest absolute Gasteiger partial charge is 0.255 e. The molecule has 0 spiro atoms. The Hall–Kier alpha value is -5.96. The van der Waals surface area contributed by atoms with Crippen molar-refractivity contribution in [3.63, 3.8) is 0 Å². The molecular weight excluding hydrogens is 697 g/mol. The van der Waals surface area contributed by atoms with Crippen molar-refractivity contribution in [1.82, 2.24) is 4.90 Å². The van der Waals surface area contributed by atoms with E-state index < -0.39 is 12.4 Å². The number of nitrogens with zero attached hydrogens (tertiary/aromatic N) is 1. The van der Waals surface area contributed by atoms with Gasteiger partial charge in [-0.05, 0) is 88.1 Å². The number of fused-ring (bicyclic) bond motifs is 2. The molecule has 0 radical (unpaired) electrons. The number of ether oxygens (including phenoxy) is 2. The zero-order valence-electron chi connectivity index (χ0n) is 31.5. The molecule has 280 valence electrons. The molecule has 2 N–H and O–H groups in total. The number of ketones is 1. The summed E-state index contributed by atoms with van der Waals surface area (Å²) >= 11 is 0. The van der Waals surface area contributed by atoms with Crippen molar-refractivity contribution in [3.05, 3.63) is 197 Å². The van der Waals surface area contributed by atoms with Crippen molar-refractivity contribution in [2.75, 3.05) is 18.9 Å². The lowest BCUT2D eigenvalue weighted by Crippen LogP contribution is -2.43. The van der Waals surface area contributed by atoms with E-state index in [4.69, 9.17) is 9.47 Å². The van der Waals surface area contributed by atoms with Crippen LogP contribution in [0.5, 0.6) is 0 Å². The lowest BCUT2D eigenvalue weighted by molar-refractivity contribution is -0.263. The Kier molecular flexibility index (Phi) is 10.8. The van der Waals surface area contributed by atoms with Crippen LogP contribution in [0.3, 0.4) is 0 Å². The molecule has 56 heavy (non-hydrogen) atoms. The van der Waals surface area contributed by atoms with Crippen LogP contribution in [0.1, 0.15) is 73.8 Å². The summed E-state index contributed by atoms with van der Waals surface area (Å²) in [6.07, 6.45) is -1.52. The van der Waals surface area contributed by atoms with Crippen molar-refractivity contribution in [2.45, 2.75) is 44.5 Å². The number of Topliss-reactive ketones (excluding diaryl/α,β-unsaturated/α-hetero) is 1. The minimum atomic E-state index is -0.789. The van der Waals surface area contributed by atoms with Crippen molar-refractivity contribution < 1.29 is 24.2 Å². The monoisotopic (exact) mass is 740 g/mol. The summed E-state index contributed by atoms with van der Waals surface area (Å²) in [6.45, 7) is 2.74. The molecule has 1 unspecified atom stereocenters. The van der Waals surface area contributed by atoms with Crippen LogP contribution >= 0.6 is 0 Å². The third-order valence-electron chi connectivity index (χ3n) is 10.7. The number of aliphatic hydroxyl groups is 1. The van der Waals surface area contributed by atoms with Crippen LogP contribution < -0.4 is 5.32 Å². The number of aliphatic hydroxyl groups excluding tert-OH is 1. The Bertz CT molecular complexity index is 2450. The number of carbonyl (C=O) groups is 2. The van der Waals surface area contributed by atoms with Crippen LogP contribution in [0, 0.1) is 0 Å². The largest absolute Gasteiger partial charge is 0.392 e. The fourth-order valence-electron chi connectivity index (χ4n) is 7.93. The van der Waals surface area contributed by atoms with Crippen molar-refractivity contribution in [1.29, 1.82) is 0 Å². The van der Waals surface area contributed by atoms with Crippen molar-refractivity contribution in [3.8, 4) is 0 Å². The van der Waals surface area contributed by atoms with E-state index in [-0.39, 0.29) is 30.3 Å². The first-order chi connectivity index (χ1) is 27.3. The zero-order valence-corrected chi connectivity index (χ0v) is 31.5. The van der Waals surface area contributed by atoms with Gasteiger partial charge in [0.1, 0.15) is 0 Å². The highest BCUT2D eigenvalue weighted by molar-refractivity contribution is 6.05. The van der Waals surface area contributed by atoms with Crippen LogP contribution in [0.25, 0.3) is 21.5 Å². The predicted octanol–water partition coefficient (Wildman–Crippen LogP) is 10.0. The molecule has 4 atom stereocenters. The SMILES string of the molecule is CC(=O)c1cccc(NC(=O)c2cccc(C3O[C@H](CN(C)Cc4c5ccccc5cc5ccccc45)[C@@H](c4ccccc4)[C@H](c4ccc(CO)cc4)O3)c2)c1. The van der Waals surface area contributed by atoms with E-state index in [0.717, 1.165) is 16.7 Å². The number of anilines is 1. The Morgan fingerprint density at radius 1 is 0.661 bits per heavy atom. The molecule has 1 heterocycles. The molecule has 1 fully saturated rings. The summed E-state index contributed by atoms with van der Waals surface area (Å²) in [6, 6.07) is 51.9. The molecule has 7 aromatic carbocycles. The van der Waals surface area contributed by atoms with Gasteiger partial charge in [-0.15, -0.1) is 0 Å². The molecule has 0 aliphatic carbocycles. The Balaban J connectivity index is 1.15. The molecule has 1 amide bonds. The van der Waals surface area contributed by atoms with Crippen LogP contribution in [0.4, 0.5) is 5.69 Å². The van der Waals surface area contributed by atoms with Gasteiger partial charge in [-0.2, -0.15) is 0 Å². The van der Waals surface area contributed by atoms with E-state index in [1.807, 2.05) is 60.7 Å². The summed E-state index contributed by atoms with van der Waals surface area (Å²) in [5.74, 6) is -0.561. The molecule has 1 saturated heterocycles. The van der Waals surface area contributed by atoms with Crippen LogP contribution in [-0.4, -0.2) is 41.4 Å². The first kappa shape index (κ1) is 37.0. The molecule has 7 nitrogen and oxygen atoms in total. The molecule has 1 aliphatic heterocycles. The fraction of sp³-hybridized carbons (Fsp3) is 0.184. The lowest BCUT2D eigenvalue weighted by Gasteiger charge is -2.44. The van der Waals surface area contributed by atoms with E-state index in [1.54, 1.807) is 30.3 Å². The summed E-state index contributed by atoms with van der Waals surface area (Å²) < 4.78 is 14.0. The number of hydrogen-bond donors (Lipinski definition) is 2. The van der Waals surface area contributed by atoms with E-state index in [2.05, 4.69) is 84.0 Å². The van der Waals surface area contributed by atoms with Gasteiger partial charge in [-0.1, -0.05) is 127 Å². The second-order valence-corrected chi connectivity index (χ2v) is 14.6. The number of amides is 1. The highest BCUT2D eigenvalue weighted by Crippen LogP contribution is 2.47. The molecule has 0 bridgehead atoms. The average molecular weight is 741 g/mol. The maximum absolute atomic E-state index is 13.6. The normalized spacial score (nSPS) is 18.3. The Morgan fingerprint density at radius 2 is 1.30 bits per heavy atom. The van der Waals surface area contributed by atoms with E-state index in [0.29, 0.717) is 35.5 Å². The second kappa shape index (κ2) is 16.4. The summed E-state index contributed by atoms with van der Waals surface area (Å²) in [4.78, 5) is 27.9. The van der Waals surface area contributed by atoms with Gasteiger partial charge < -0.3 is 19.9 Å². The topological polar surface area (TPSA) is 88.1 Å². The molecule has 1 aliphatic rings. The number of hydrogen-bond acceptors (Lipinski definition) is 6. The molecule has 0 aromatic heterocycles. The quantitative estimate of drug-likeness (QED) is 0.101. The highest BCUT2D eigenvalue weighted by atomic mass is 16.7. The summed E-state index contributed by atoms with van der Waals surface area (Å²) in [5.41, 5.74) is 6.37. The molecule has 0 saturated carbocycles. The minimum absolute atomic E-state index is 0.0518. The van der Waals surface area contributed by atoms with E-state index in [9.17, 15) is 14.7 Å². The van der Waals surface area contributed by atoms with Crippen LogP contribution in [0.15, 0.2) is 158 Å². The number of likely N-dealkylation sites (N-methyl/N-ethyl adjacent to an activating group) is 1. The van der Waals surface area contributed by atoms with Gasteiger partial charge in [0.05, 0.1) is 18.8 Å². The van der Waals surface area contributed by atoms with Gasteiger partial charge in [0.2, 0.25) is 0 Å². The molecule has 7 aromatic rings. The minimum Gasteiger partial charge on any atom is -0.392 e. The van der Waals surface area contributed by atoms with Gasteiger partial charge >= 0.3 is 0 Å². The molecular formula is C49H44N2O5. The van der Waals surface area contributed by atoms with Crippen molar-refractivity contribution >= 4 is 38.9 Å². The first-order valence-corrected chi connectivity index (χ1v) is 19.0. The van der Waals surface area contributed by atoms with Gasteiger partial charge in [0, 0.05) is 41.4 Å². The summed E-state index contributed by atoms with van der Waals surface area (Å²) in [5, 5.41) is 17.7. The number of nitrogens with one attached hydrogen (secondary N) is 1. The Morgan fingerprint density at radius 3 is 2.00 bits per heavy atom. The predicted molar refractivity (Wildman–Crippen MR) is 222 cm³/mol. The standard InChI is InChI=1S/C49H44N2O5/c1-32(53)36-16-11-19-41(28-36)50-48(54)39-17-10-18-40(27-39)49-55-45(46(34-12-4-3-5-13-34)47(56-49)35-24-22-33(31-52)23-25-35)30-51(2)29-44-42-20-8-6-14-37(42)26-38-15-7-9-21-43(38)44/h3-28,45-47,49,52H,29-31H2,1-2H3,(H,50,54)/t45-,46-,47+,49?/m1/s1. The molecule has 8 rings (SSSR count). The van der Waals surface area contributed by atoms with Crippen LogP contribution in [0.2, 0.25) is 0 Å². The van der Waals surface area contributed by atoms with Crippen LogP contribution in [-0.2, 0) is 22.6 Å². The second-order valence-electron chi connectivity index (χ2n) is 14.6. The van der Waals surface area contributed by atoms with Gasteiger partial charge in [-0.3, -0.25) is 14.5 Å². The lowest BCUT2D eigenvalue weighted by atomic mass is 9.83. The number of rotatable bonds is 11.